The van der Waals surface area contributed by atoms with Gasteiger partial charge < -0.3 is 0 Å². The third-order valence-corrected chi connectivity index (χ3v) is 4.85. The van der Waals surface area contributed by atoms with Gasteiger partial charge >= 0.3 is 0 Å². The Kier molecular flexibility index (Phi) is 3.56. The molecule has 0 nitrogen and oxygen atoms in total. The summed E-state index contributed by atoms with van der Waals surface area (Å²) in [5.41, 5.74) is 5.71. The second-order valence-corrected chi connectivity index (χ2v) is 6.06. The molecule has 0 fully saturated rings. The van der Waals surface area contributed by atoms with Gasteiger partial charge in [-0.25, -0.2) is 0 Å². The molecule has 0 spiro atoms. The number of hydrogen-bond donors (Lipinski definition) is 0. The van der Waals surface area contributed by atoms with Crippen LogP contribution in [0, 0.1) is 5.92 Å². The van der Waals surface area contributed by atoms with E-state index in [0.29, 0.717) is 0 Å². The summed E-state index contributed by atoms with van der Waals surface area (Å²) in [4.78, 5) is 1.47. The van der Waals surface area contributed by atoms with E-state index in [2.05, 4.69) is 55.6 Å². The van der Waals surface area contributed by atoms with Gasteiger partial charge in [0.15, 0.2) is 0 Å². The van der Waals surface area contributed by atoms with Gasteiger partial charge in [0.05, 0.1) is 0 Å². The molecule has 3 rings (SSSR count). The summed E-state index contributed by atoms with van der Waals surface area (Å²) in [6.07, 6.45) is 6.10. The number of aryl methyl sites for hydroxylation is 1. The summed E-state index contributed by atoms with van der Waals surface area (Å²) in [6.45, 7) is 4.51. The average molecular weight is 267 g/mol. The van der Waals surface area contributed by atoms with E-state index in [1.807, 2.05) is 11.3 Å². The lowest BCUT2D eigenvalue weighted by Gasteiger charge is -2.11. The van der Waals surface area contributed by atoms with E-state index < -0.39 is 0 Å². The Labute approximate surface area is 119 Å². The van der Waals surface area contributed by atoms with Crippen molar-refractivity contribution in [2.45, 2.75) is 33.1 Å². The lowest BCUT2D eigenvalue weighted by atomic mass is 9.95. The van der Waals surface area contributed by atoms with E-state index >= 15 is 0 Å². The summed E-state index contributed by atoms with van der Waals surface area (Å²) < 4.78 is 0. The zero-order chi connectivity index (χ0) is 13.2. The van der Waals surface area contributed by atoms with Gasteiger partial charge in [-0.05, 0) is 52.6 Å². The topological polar surface area (TPSA) is 0 Å². The predicted octanol–water partition coefficient (Wildman–Crippen LogP) is 5.59. The first kappa shape index (κ1) is 12.7. The van der Waals surface area contributed by atoms with Crippen molar-refractivity contribution < 1.29 is 0 Å². The van der Waals surface area contributed by atoms with Crippen molar-refractivity contribution >= 4 is 23.0 Å². The zero-order valence-electron chi connectivity index (χ0n) is 11.6. The lowest BCUT2D eigenvalue weighted by Crippen LogP contribution is -1.95. The molecule has 0 unspecified atom stereocenters. The van der Waals surface area contributed by atoms with Gasteiger partial charge in [-0.1, -0.05) is 44.5 Å². The number of benzene rings is 1. The second kappa shape index (κ2) is 5.34. The molecule has 1 heteroatoms. The minimum Gasteiger partial charge on any atom is -0.144 e. The first-order valence-corrected chi connectivity index (χ1v) is 7.91. The smallest absolute Gasteiger partial charge is 0.0343 e. The molecular weight excluding hydrogens is 248 g/mol. The Balaban J connectivity index is 1.95. The summed E-state index contributed by atoms with van der Waals surface area (Å²) in [6, 6.07) is 11.0. The maximum absolute atomic E-state index is 2.35. The van der Waals surface area contributed by atoms with Gasteiger partial charge in [-0.3, -0.25) is 0 Å². The Hall–Kier alpha value is -1.34. The zero-order valence-corrected chi connectivity index (χ0v) is 12.4. The van der Waals surface area contributed by atoms with Crippen LogP contribution in [0.2, 0.25) is 0 Å². The monoisotopic (exact) mass is 267 g/mol. The van der Waals surface area contributed by atoms with Gasteiger partial charge in [0.1, 0.15) is 0 Å². The fraction of sp³-hybridized carbons (Fsp3) is 0.278. The van der Waals surface area contributed by atoms with Crippen LogP contribution in [-0.2, 0) is 6.42 Å². The van der Waals surface area contributed by atoms with E-state index in [4.69, 9.17) is 0 Å². The van der Waals surface area contributed by atoms with E-state index in [9.17, 15) is 0 Å². The van der Waals surface area contributed by atoms with Crippen molar-refractivity contribution in [1.29, 1.82) is 0 Å². The third kappa shape index (κ3) is 2.28. The molecular formula is C18H19S. The minimum atomic E-state index is 1.20. The standard InChI is InChI=1S/C18H19S/c1-3-4-7-14-10-11-19-18(14)17-12-15-8-5-6-9-16(15)13(17)2/h5-6,8-12H,3-4,7H2,1-2H3. The van der Waals surface area contributed by atoms with Crippen LogP contribution < -0.4 is 0 Å². The summed E-state index contributed by atoms with van der Waals surface area (Å²) >= 11 is 1.88. The number of rotatable bonds is 4. The van der Waals surface area contributed by atoms with Gasteiger partial charge in [0.2, 0.25) is 0 Å². The molecule has 0 aliphatic heterocycles. The van der Waals surface area contributed by atoms with Crippen LogP contribution >= 0.6 is 11.3 Å². The van der Waals surface area contributed by atoms with Crippen LogP contribution in [0.4, 0.5) is 0 Å². The van der Waals surface area contributed by atoms with E-state index in [1.165, 1.54) is 52.3 Å². The fourth-order valence-electron chi connectivity index (χ4n) is 2.75. The fourth-order valence-corrected chi connectivity index (χ4v) is 3.77. The molecule has 0 atom stereocenters. The highest BCUT2D eigenvalue weighted by Gasteiger charge is 2.24. The molecule has 1 aromatic carbocycles. The van der Waals surface area contributed by atoms with Gasteiger partial charge in [-0.15, -0.1) is 11.3 Å². The Morgan fingerprint density at radius 3 is 2.74 bits per heavy atom. The minimum absolute atomic E-state index is 1.20. The van der Waals surface area contributed by atoms with Crippen molar-refractivity contribution in [3.8, 4) is 0 Å². The molecule has 1 heterocycles. The normalized spacial score (nSPS) is 14.5. The van der Waals surface area contributed by atoms with Crippen molar-refractivity contribution in [2.24, 2.45) is 0 Å². The molecule has 0 saturated heterocycles. The quantitative estimate of drug-likeness (QED) is 0.677. The maximum Gasteiger partial charge on any atom is 0.0343 e. The highest BCUT2D eigenvalue weighted by Crippen LogP contribution is 2.43. The van der Waals surface area contributed by atoms with Gasteiger partial charge in [0, 0.05) is 10.8 Å². The van der Waals surface area contributed by atoms with Crippen LogP contribution in [0.1, 0.15) is 48.3 Å². The summed E-state index contributed by atoms with van der Waals surface area (Å²) in [5, 5.41) is 2.23. The molecule has 1 aromatic heterocycles. The largest absolute Gasteiger partial charge is 0.144 e. The molecule has 1 aliphatic carbocycles. The third-order valence-electron chi connectivity index (χ3n) is 3.86. The first-order chi connectivity index (χ1) is 9.31. The first-order valence-electron chi connectivity index (χ1n) is 7.03. The number of hydrogen-bond acceptors (Lipinski definition) is 1. The number of unbranched alkanes of at least 4 members (excludes halogenated alkanes) is 1. The van der Waals surface area contributed by atoms with Crippen LogP contribution in [-0.4, -0.2) is 0 Å². The number of allylic oxidation sites excluding steroid dienone is 1. The van der Waals surface area contributed by atoms with Crippen LogP contribution in [0.15, 0.2) is 35.7 Å². The van der Waals surface area contributed by atoms with Crippen LogP contribution in [0.25, 0.3) is 11.6 Å². The molecule has 19 heavy (non-hydrogen) atoms. The molecule has 0 saturated carbocycles. The summed E-state index contributed by atoms with van der Waals surface area (Å²) in [7, 11) is 0. The van der Waals surface area contributed by atoms with E-state index in [1.54, 1.807) is 0 Å². The number of fused-ring (bicyclic) bond motifs is 1. The van der Waals surface area contributed by atoms with Crippen molar-refractivity contribution in [3.63, 3.8) is 0 Å². The van der Waals surface area contributed by atoms with Gasteiger partial charge in [-0.2, -0.15) is 0 Å². The Bertz CT molecular complexity index is 604. The molecule has 0 bridgehead atoms. The molecule has 2 aromatic rings. The molecule has 1 radical (unpaired) electrons. The average Bonchev–Trinajstić information content (AvgIpc) is 3.01. The Morgan fingerprint density at radius 2 is 1.95 bits per heavy atom. The molecule has 0 N–H and O–H groups in total. The van der Waals surface area contributed by atoms with Crippen LogP contribution in [0.5, 0.6) is 0 Å². The van der Waals surface area contributed by atoms with Crippen molar-refractivity contribution in [1.82, 2.24) is 0 Å². The Morgan fingerprint density at radius 1 is 1.11 bits per heavy atom. The van der Waals surface area contributed by atoms with E-state index in [0.717, 1.165) is 0 Å². The molecule has 97 valence electrons. The van der Waals surface area contributed by atoms with Gasteiger partial charge in [0.25, 0.3) is 0 Å². The predicted molar refractivity (Wildman–Crippen MR) is 85.3 cm³/mol. The van der Waals surface area contributed by atoms with E-state index in [-0.39, 0.29) is 0 Å². The molecule has 0 amide bonds. The molecule has 1 aliphatic rings. The maximum atomic E-state index is 2.35. The second-order valence-electron chi connectivity index (χ2n) is 5.15. The summed E-state index contributed by atoms with van der Waals surface area (Å²) in [5.74, 6) is 1.43. The van der Waals surface area contributed by atoms with Crippen molar-refractivity contribution in [2.75, 3.05) is 0 Å². The lowest BCUT2D eigenvalue weighted by molar-refractivity contribution is 0.796. The highest BCUT2D eigenvalue weighted by molar-refractivity contribution is 7.11. The van der Waals surface area contributed by atoms with Crippen LogP contribution in [0.3, 0.4) is 0 Å². The highest BCUT2D eigenvalue weighted by atomic mass is 32.1. The SMILES string of the molecule is CCCCc1ccsc1C1=Cc2ccccc2[C]1C. The number of thiophene rings is 1. The van der Waals surface area contributed by atoms with Crippen molar-refractivity contribution in [3.05, 3.63) is 63.2 Å².